The van der Waals surface area contributed by atoms with Gasteiger partial charge in [0.05, 0.1) is 11.0 Å². The van der Waals surface area contributed by atoms with Crippen molar-refractivity contribution in [3.8, 4) is 0 Å². The Bertz CT molecular complexity index is 932. The number of ether oxygens (including phenoxy) is 1. The highest BCUT2D eigenvalue weighted by molar-refractivity contribution is 9.10. The van der Waals surface area contributed by atoms with Crippen LogP contribution in [0.15, 0.2) is 34.8 Å². The Morgan fingerprint density at radius 1 is 1.09 bits per heavy atom. The van der Waals surface area contributed by atoms with Crippen LogP contribution in [0.25, 0.3) is 21.8 Å². The molecular formula is C19H20BrNO2. The lowest BCUT2D eigenvalue weighted by Crippen LogP contribution is -2.27. The molecule has 0 aliphatic carbocycles. The Balaban J connectivity index is 2.43. The van der Waals surface area contributed by atoms with Crippen LogP contribution >= 0.6 is 15.9 Å². The number of fused-ring (bicyclic) bond motifs is 3. The fourth-order valence-electron chi connectivity index (χ4n) is 2.95. The van der Waals surface area contributed by atoms with Gasteiger partial charge in [-0.25, -0.2) is 9.36 Å². The van der Waals surface area contributed by atoms with Gasteiger partial charge in [-0.2, -0.15) is 0 Å². The van der Waals surface area contributed by atoms with Crippen LogP contribution in [0.4, 0.5) is 4.79 Å². The third-order valence-electron chi connectivity index (χ3n) is 3.86. The summed E-state index contributed by atoms with van der Waals surface area (Å²) in [6.07, 6.45) is -0.339. The standard InChI is InChI=1S/C19H20BrNO2/c1-11-6-7-12(2)17-16(11)14-10-13(20)8-9-15(14)21(17)18(22)23-19(3,4)5/h6-10H,1-5H3. The van der Waals surface area contributed by atoms with Gasteiger partial charge >= 0.3 is 6.09 Å². The minimum Gasteiger partial charge on any atom is -0.443 e. The first-order valence-corrected chi connectivity index (χ1v) is 8.41. The molecule has 0 atom stereocenters. The summed E-state index contributed by atoms with van der Waals surface area (Å²) in [5.74, 6) is 0. The van der Waals surface area contributed by atoms with Crippen molar-refractivity contribution in [2.45, 2.75) is 40.2 Å². The Labute approximate surface area is 144 Å². The van der Waals surface area contributed by atoms with E-state index in [2.05, 4.69) is 35.0 Å². The second-order valence-corrected chi connectivity index (χ2v) is 7.82. The van der Waals surface area contributed by atoms with Crippen LogP contribution in [0, 0.1) is 13.8 Å². The van der Waals surface area contributed by atoms with Gasteiger partial charge in [-0.1, -0.05) is 28.1 Å². The zero-order chi connectivity index (χ0) is 16.9. The molecule has 1 aromatic heterocycles. The van der Waals surface area contributed by atoms with E-state index in [-0.39, 0.29) is 6.09 Å². The second-order valence-electron chi connectivity index (χ2n) is 6.90. The van der Waals surface area contributed by atoms with Crippen molar-refractivity contribution in [3.05, 3.63) is 45.9 Å². The topological polar surface area (TPSA) is 31.2 Å². The Morgan fingerprint density at radius 3 is 2.39 bits per heavy atom. The van der Waals surface area contributed by atoms with Gasteiger partial charge in [0.25, 0.3) is 0 Å². The highest BCUT2D eigenvalue weighted by Gasteiger charge is 2.23. The van der Waals surface area contributed by atoms with Crippen LogP contribution in [0.2, 0.25) is 0 Å². The smallest absolute Gasteiger partial charge is 0.419 e. The number of nitrogens with zero attached hydrogens (tertiary/aromatic N) is 1. The summed E-state index contributed by atoms with van der Waals surface area (Å²) in [6, 6.07) is 10.1. The lowest BCUT2D eigenvalue weighted by atomic mass is 10.0. The summed E-state index contributed by atoms with van der Waals surface area (Å²) in [4.78, 5) is 12.8. The van der Waals surface area contributed by atoms with Crippen molar-refractivity contribution in [3.63, 3.8) is 0 Å². The molecule has 120 valence electrons. The molecule has 3 nitrogen and oxygen atoms in total. The molecule has 0 amide bonds. The first-order chi connectivity index (χ1) is 10.7. The van der Waals surface area contributed by atoms with Crippen molar-refractivity contribution in [2.75, 3.05) is 0 Å². The summed E-state index contributed by atoms with van der Waals surface area (Å²) < 4.78 is 8.33. The number of carbonyl (C=O) groups is 1. The number of aryl methyl sites for hydroxylation is 2. The van der Waals surface area contributed by atoms with Crippen molar-refractivity contribution >= 4 is 43.8 Å². The molecule has 0 N–H and O–H groups in total. The van der Waals surface area contributed by atoms with Crippen LogP contribution < -0.4 is 0 Å². The number of benzene rings is 2. The van der Waals surface area contributed by atoms with Crippen LogP contribution in [-0.2, 0) is 4.74 Å². The molecule has 0 aliphatic rings. The van der Waals surface area contributed by atoms with Gasteiger partial charge in [-0.3, -0.25) is 0 Å². The maximum absolute atomic E-state index is 12.8. The number of aromatic nitrogens is 1. The molecule has 1 heterocycles. The highest BCUT2D eigenvalue weighted by atomic mass is 79.9. The van der Waals surface area contributed by atoms with Gasteiger partial charge < -0.3 is 4.74 Å². The monoisotopic (exact) mass is 373 g/mol. The SMILES string of the molecule is Cc1ccc(C)c2c1c1cc(Br)ccc1n2C(=O)OC(C)(C)C. The van der Waals surface area contributed by atoms with E-state index in [1.165, 1.54) is 0 Å². The second kappa shape index (κ2) is 5.38. The molecule has 4 heteroatoms. The molecule has 0 spiro atoms. The number of hydrogen-bond donors (Lipinski definition) is 0. The van der Waals surface area contributed by atoms with Gasteiger partial charge in [-0.05, 0) is 63.9 Å². The van der Waals surface area contributed by atoms with Gasteiger partial charge in [0.1, 0.15) is 5.60 Å². The van der Waals surface area contributed by atoms with E-state index < -0.39 is 5.60 Å². The predicted octanol–water partition coefficient (Wildman–Crippen LogP) is 5.96. The fraction of sp³-hybridized carbons (Fsp3) is 0.316. The Kier molecular flexibility index (Phi) is 3.75. The van der Waals surface area contributed by atoms with Gasteiger partial charge in [0.15, 0.2) is 0 Å². The summed E-state index contributed by atoms with van der Waals surface area (Å²) in [5, 5.41) is 2.16. The molecule has 0 bridgehead atoms. The molecule has 0 radical (unpaired) electrons. The average molecular weight is 374 g/mol. The van der Waals surface area contributed by atoms with Gasteiger partial charge in [0.2, 0.25) is 0 Å². The number of halogens is 1. The molecule has 23 heavy (non-hydrogen) atoms. The molecule has 3 rings (SSSR count). The first kappa shape index (κ1) is 16.1. The summed E-state index contributed by atoms with van der Waals surface area (Å²) in [5.41, 5.74) is 3.47. The van der Waals surface area contributed by atoms with Crippen LogP contribution in [0.5, 0.6) is 0 Å². The normalized spacial score (nSPS) is 12.1. The van der Waals surface area contributed by atoms with Crippen molar-refractivity contribution < 1.29 is 9.53 Å². The van der Waals surface area contributed by atoms with E-state index in [4.69, 9.17) is 4.74 Å². The minimum atomic E-state index is -0.535. The summed E-state index contributed by atoms with van der Waals surface area (Å²) >= 11 is 3.53. The van der Waals surface area contributed by atoms with Crippen molar-refractivity contribution in [2.24, 2.45) is 0 Å². The highest BCUT2D eigenvalue weighted by Crippen LogP contribution is 2.35. The number of rotatable bonds is 0. The zero-order valence-corrected chi connectivity index (χ0v) is 15.6. The van der Waals surface area contributed by atoms with E-state index in [9.17, 15) is 4.79 Å². The molecule has 3 aromatic rings. The lowest BCUT2D eigenvalue weighted by Gasteiger charge is -2.20. The van der Waals surface area contributed by atoms with Crippen LogP contribution in [0.3, 0.4) is 0 Å². The van der Waals surface area contributed by atoms with Crippen molar-refractivity contribution in [1.29, 1.82) is 0 Å². The minimum absolute atomic E-state index is 0.339. The number of carbonyl (C=O) groups excluding carboxylic acids is 1. The molecule has 0 saturated carbocycles. The molecule has 0 unspecified atom stereocenters. The van der Waals surface area contributed by atoms with E-state index in [1.54, 1.807) is 4.57 Å². The van der Waals surface area contributed by atoms with Gasteiger partial charge in [0, 0.05) is 15.2 Å². The van der Waals surface area contributed by atoms with E-state index in [1.807, 2.05) is 45.9 Å². The molecule has 0 fully saturated rings. The van der Waals surface area contributed by atoms with Gasteiger partial charge in [-0.15, -0.1) is 0 Å². The largest absolute Gasteiger partial charge is 0.443 e. The zero-order valence-electron chi connectivity index (χ0n) is 14.0. The maximum Gasteiger partial charge on any atom is 0.419 e. The molecular weight excluding hydrogens is 354 g/mol. The van der Waals surface area contributed by atoms with E-state index in [0.29, 0.717) is 0 Å². The quantitative estimate of drug-likeness (QED) is 0.486. The van der Waals surface area contributed by atoms with E-state index >= 15 is 0 Å². The average Bonchev–Trinajstić information content (AvgIpc) is 2.76. The predicted molar refractivity (Wildman–Crippen MR) is 98.3 cm³/mol. The third-order valence-corrected chi connectivity index (χ3v) is 4.35. The first-order valence-electron chi connectivity index (χ1n) is 7.62. The third kappa shape index (κ3) is 2.76. The lowest BCUT2D eigenvalue weighted by molar-refractivity contribution is 0.0551. The maximum atomic E-state index is 12.8. The van der Waals surface area contributed by atoms with Crippen LogP contribution in [0.1, 0.15) is 31.9 Å². The van der Waals surface area contributed by atoms with Crippen LogP contribution in [-0.4, -0.2) is 16.3 Å². The molecule has 2 aromatic carbocycles. The summed E-state index contributed by atoms with van der Waals surface area (Å²) in [7, 11) is 0. The summed E-state index contributed by atoms with van der Waals surface area (Å²) in [6.45, 7) is 9.74. The Morgan fingerprint density at radius 2 is 1.74 bits per heavy atom. The number of hydrogen-bond acceptors (Lipinski definition) is 2. The fourth-order valence-corrected chi connectivity index (χ4v) is 3.31. The van der Waals surface area contributed by atoms with Crippen molar-refractivity contribution in [1.82, 2.24) is 4.57 Å². The van der Waals surface area contributed by atoms with E-state index in [0.717, 1.165) is 37.4 Å². The molecule has 0 aliphatic heterocycles. The molecule has 0 saturated heterocycles. The Hall–Kier alpha value is -1.81.